The van der Waals surface area contributed by atoms with Gasteiger partial charge in [-0.05, 0) is 17.7 Å². The first-order chi connectivity index (χ1) is 14.1. The average molecular weight is 463 g/mol. The topological polar surface area (TPSA) is 123 Å². The normalized spacial score (nSPS) is 22.0. The molecule has 1 aliphatic heterocycles. The molecular formula is C16H14ClF3N6O3S. The maximum Gasteiger partial charge on any atom is 0.422 e. The van der Waals surface area contributed by atoms with Gasteiger partial charge in [-0.2, -0.15) is 27.9 Å². The smallest absolute Gasteiger partial charge is 0.422 e. The Balaban J connectivity index is 1.64. The number of aromatic nitrogens is 5. The Morgan fingerprint density at radius 2 is 2.10 bits per heavy atom. The fraction of sp³-hybridized carbons (Fsp3) is 0.375. The molecular weight excluding hydrogens is 449 g/mol. The van der Waals surface area contributed by atoms with Crippen LogP contribution < -0.4 is 10.0 Å². The fourth-order valence-corrected chi connectivity index (χ4v) is 4.53. The Morgan fingerprint density at radius 1 is 1.33 bits per heavy atom. The molecule has 0 bridgehead atoms. The van der Waals surface area contributed by atoms with Crippen LogP contribution in [-0.4, -0.2) is 47.7 Å². The number of pyridine rings is 1. The molecule has 4 heterocycles. The van der Waals surface area contributed by atoms with Crippen molar-refractivity contribution in [2.75, 3.05) is 11.1 Å². The van der Waals surface area contributed by atoms with E-state index in [2.05, 4.69) is 20.3 Å². The van der Waals surface area contributed by atoms with E-state index in [0.717, 1.165) is 12.3 Å². The predicted octanol–water partition coefficient (Wildman–Crippen LogP) is 1.71. The minimum absolute atomic E-state index is 0.0760. The number of nitrogens with one attached hydrogen (secondary N) is 1. The van der Waals surface area contributed by atoms with Crippen LogP contribution in [0, 0.1) is 5.21 Å². The summed E-state index contributed by atoms with van der Waals surface area (Å²) in [4.78, 5) is 12.4. The number of aliphatic hydroxyl groups is 2. The number of hydrogen-bond acceptors (Lipinski definition) is 8. The zero-order chi connectivity index (χ0) is 21.6. The van der Waals surface area contributed by atoms with Gasteiger partial charge in [-0.3, -0.25) is 4.57 Å². The summed E-state index contributed by atoms with van der Waals surface area (Å²) in [5, 5.41) is 33.6. The Bertz CT molecular complexity index is 1100. The van der Waals surface area contributed by atoms with Crippen LogP contribution in [0.4, 0.5) is 19.0 Å². The highest BCUT2D eigenvalue weighted by Gasteiger charge is 2.37. The Morgan fingerprint density at radius 3 is 2.77 bits per heavy atom. The van der Waals surface area contributed by atoms with E-state index in [9.17, 15) is 28.6 Å². The number of hydrogen-bond donors (Lipinski definition) is 3. The van der Waals surface area contributed by atoms with Gasteiger partial charge in [0, 0.05) is 17.9 Å². The second-order valence-corrected chi connectivity index (χ2v) is 8.08. The molecule has 1 aliphatic rings. The molecule has 4 rings (SSSR count). The third-order valence-electron chi connectivity index (χ3n) is 4.48. The molecule has 30 heavy (non-hydrogen) atoms. The van der Waals surface area contributed by atoms with Crippen molar-refractivity contribution in [3.63, 3.8) is 0 Å². The van der Waals surface area contributed by atoms with Gasteiger partial charge in [0.25, 0.3) is 0 Å². The first-order valence-corrected chi connectivity index (χ1v) is 9.98. The van der Waals surface area contributed by atoms with E-state index in [-0.39, 0.29) is 39.1 Å². The number of alkyl halides is 3. The molecule has 1 fully saturated rings. The van der Waals surface area contributed by atoms with Crippen LogP contribution in [0.15, 0.2) is 24.8 Å². The van der Waals surface area contributed by atoms with Gasteiger partial charge in [0.2, 0.25) is 5.28 Å². The van der Waals surface area contributed by atoms with Crippen molar-refractivity contribution < 1.29 is 28.1 Å². The second-order valence-electron chi connectivity index (χ2n) is 6.59. The quantitative estimate of drug-likeness (QED) is 0.304. The highest BCUT2D eigenvalue weighted by molar-refractivity contribution is 7.99. The van der Waals surface area contributed by atoms with Crippen molar-refractivity contribution in [3.8, 4) is 0 Å². The lowest BCUT2D eigenvalue weighted by Crippen LogP contribution is -2.29. The van der Waals surface area contributed by atoms with Crippen LogP contribution in [0.1, 0.15) is 16.5 Å². The molecule has 0 amide bonds. The number of anilines is 1. The largest absolute Gasteiger partial charge is 0.619 e. The number of thioether (sulfide) groups is 1. The number of aliphatic hydroxyl groups excluding tert-OH is 2. The number of rotatable bonds is 4. The summed E-state index contributed by atoms with van der Waals surface area (Å²) in [6.45, 7) is -0.152. The van der Waals surface area contributed by atoms with Gasteiger partial charge in [-0.25, -0.2) is 4.98 Å². The SMILES string of the molecule is [O-][n+]1cc(CNc2nc(Cl)nc3c2ncn3[C@@H]2SC[C@@H](O)[C@H]2O)cc(C(F)(F)F)c1. The van der Waals surface area contributed by atoms with Crippen molar-refractivity contribution in [2.45, 2.75) is 30.3 Å². The molecule has 14 heteroatoms. The minimum atomic E-state index is -4.66. The molecule has 0 aliphatic carbocycles. The lowest BCUT2D eigenvalue weighted by Gasteiger charge is -2.17. The van der Waals surface area contributed by atoms with Crippen LogP contribution in [0.2, 0.25) is 5.28 Å². The molecule has 3 atom stereocenters. The lowest BCUT2D eigenvalue weighted by molar-refractivity contribution is -0.607. The number of fused-ring (bicyclic) bond motifs is 1. The highest BCUT2D eigenvalue weighted by atomic mass is 35.5. The van der Waals surface area contributed by atoms with Gasteiger partial charge >= 0.3 is 6.18 Å². The summed E-state index contributed by atoms with van der Waals surface area (Å²) < 4.78 is 40.4. The Hall–Kier alpha value is -2.35. The van der Waals surface area contributed by atoms with Crippen LogP contribution >= 0.6 is 23.4 Å². The van der Waals surface area contributed by atoms with Crippen molar-refractivity contribution >= 4 is 40.3 Å². The fourth-order valence-electron chi connectivity index (χ4n) is 3.08. The van der Waals surface area contributed by atoms with E-state index < -0.39 is 29.3 Å². The Labute approximate surface area is 176 Å². The van der Waals surface area contributed by atoms with Gasteiger partial charge in [-0.1, -0.05) is 0 Å². The van der Waals surface area contributed by atoms with Crippen molar-refractivity contribution in [2.24, 2.45) is 0 Å². The zero-order valence-electron chi connectivity index (χ0n) is 14.9. The summed E-state index contributed by atoms with van der Waals surface area (Å²) in [5.41, 5.74) is -0.438. The number of nitrogens with zero attached hydrogens (tertiary/aromatic N) is 5. The summed E-state index contributed by atoms with van der Waals surface area (Å²) in [7, 11) is 0. The Kier molecular flexibility index (Phi) is 5.38. The summed E-state index contributed by atoms with van der Waals surface area (Å²) >= 11 is 7.31. The summed E-state index contributed by atoms with van der Waals surface area (Å²) in [5.74, 6) is 0.483. The molecule has 9 nitrogen and oxygen atoms in total. The van der Waals surface area contributed by atoms with Crippen LogP contribution in [-0.2, 0) is 12.7 Å². The second kappa shape index (κ2) is 7.72. The molecule has 0 radical (unpaired) electrons. The van der Waals surface area contributed by atoms with Crippen LogP contribution in [0.5, 0.6) is 0 Å². The van der Waals surface area contributed by atoms with Crippen molar-refractivity contribution in [1.29, 1.82) is 0 Å². The minimum Gasteiger partial charge on any atom is -0.619 e. The average Bonchev–Trinajstić information content (AvgIpc) is 3.22. The molecule has 3 aromatic heterocycles. The van der Waals surface area contributed by atoms with Gasteiger partial charge in [-0.15, -0.1) is 11.8 Å². The first-order valence-electron chi connectivity index (χ1n) is 8.55. The molecule has 0 aromatic carbocycles. The molecule has 3 N–H and O–H groups in total. The molecule has 0 saturated carbocycles. The molecule has 0 spiro atoms. The summed E-state index contributed by atoms with van der Waals surface area (Å²) in [6.07, 6.45) is -3.72. The summed E-state index contributed by atoms with van der Waals surface area (Å²) in [6, 6.07) is 0.854. The van der Waals surface area contributed by atoms with E-state index >= 15 is 0 Å². The third-order valence-corrected chi connectivity index (χ3v) is 6.03. The van der Waals surface area contributed by atoms with E-state index in [1.54, 1.807) is 4.57 Å². The first kappa shape index (κ1) is 20.9. The van der Waals surface area contributed by atoms with E-state index in [0.29, 0.717) is 11.9 Å². The van der Waals surface area contributed by atoms with Gasteiger partial charge < -0.3 is 20.7 Å². The number of halogens is 4. The van der Waals surface area contributed by atoms with Crippen molar-refractivity contribution in [3.05, 3.63) is 46.4 Å². The van der Waals surface area contributed by atoms with Crippen LogP contribution in [0.25, 0.3) is 11.2 Å². The lowest BCUT2D eigenvalue weighted by atomic mass is 10.2. The van der Waals surface area contributed by atoms with Gasteiger partial charge in [0.15, 0.2) is 29.4 Å². The number of imidazole rings is 1. The van der Waals surface area contributed by atoms with E-state index in [4.69, 9.17) is 11.6 Å². The molecule has 160 valence electrons. The van der Waals surface area contributed by atoms with Crippen molar-refractivity contribution in [1.82, 2.24) is 19.5 Å². The molecule has 3 aromatic rings. The van der Waals surface area contributed by atoms with Gasteiger partial charge in [0.1, 0.15) is 17.0 Å². The van der Waals surface area contributed by atoms with E-state index in [1.807, 2.05) is 0 Å². The molecule has 0 unspecified atom stereocenters. The van der Waals surface area contributed by atoms with Crippen LogP contribution in [0.3, 0.4) is 0 Å². The van der Waals surface area contributed by atoms with E-state index in [1.165, 1.54) is 18.1 Å². The monoisotopic (exact) mass is 462 g/mol. The maximum absolute atomic E-state index is 12.9. The maximum atomic E-state index is 12.9. The highest BCUT2D eigenvalue weighted by Crippen LogP contribution is 2.38. The third kappa shape index (κ3) is 3.97. The zero-order valence-corrected chi connectivity index (χ0v) is 16.5. The predicted molar refractivity (Wildman–Crippen MR) is 102 cm³/mol. The standard InChI is InChI=1S/C16H14ClF3N6O3S/c17-15-23-12(21-2-7-1-8(16(18,19)20)4-25(29)3-7)10-13(24-15)26(6-22-10)14-11(28)9(27)5-30-14/h1,3-4,6,9,11,14,27-28H,2,5H2,(H,21,23,24)/t9-,11-,14-/m1/s1. The van der Waals surface area contributed by atoms with Gasteiger partial charge in [0.05, 0.1) is 12.4 Å². The molecule has 1 saturated heterocycles.